The molecule has 0 aliphatic heterocycles. The average molecular weight is 297 g/mol. The van der Waals surface area contributed by atoms with E-state index in [1.165, 1.54) is 6.92 Å². The van der Waals surface area contributed by atoms with Gasteiger partial charge >= 0.3 is 5.97 Å². The van der Waals surface area contributed by atoms with Crippen molar-refractivity contribution >= 4 is 5.97 Å². The lowest BCUT2D eigenvalue weighted by Gasteiger charge is -2.28. The Morgan fingerprint density at radius 1 is 1.43 bits per heavy atom. The summed E-state index contributed by atoms with van der Waals surface area (Å²) in [5.74, 6) is -0.343. The average Bonchev–Trinajstić information content (AvgIpc) is 2.41. The minimum Gasteiger partial charge on any atom is -0.465 e. The van der Waals surface area contributed by atoms with E-state index in [9.17, 15) is 9.18 Å². The zero-order chi connectivity index (χ0) is 16.4. The lowest BCUT2D eigenvalue weighted by atomic mass is 10.0. The second kappa shape index (κ2) is 10.2. The van der Waals surface area contributed by atoms with Crippen LogP contribution in [0.2, 0.25) is 0 Å². The fraction of sp³-hybridized carbons (Fsp3) is 0.588. The summed E-state index contributed by atoms with van der Waals surface area (Å²) in [6.07, 6.45) is 4.10. The number of carbonyl (C=O) groups excluding carboxylic acids is 1. The highest BCUT2D eigenvalue weighted by atomic mass is 19.1. The van der Waals surface area contributed by atoms with Gasteiger partial charge in [-0.2, -0.15) is 0 Å². The summed E-state index contributed by atoms with van der Waals surface area (Å²) in [4.78, 5) is 13.5. The smallest absolute Gasteiger partial charge is 0.325 e. The van der Waals surface area contributed by atoms with Crippen molar-refractivity contribution in [2.45, 2.75) is 53.6 Å². The van der Waals surface area contributed by atoms with Gasteiger partial charge in [-0.1, -0.05) is 26.0 Å². The molecule has 0 spiro atoms. The molecule has 0 N–H and O–H groups in total. The minimum atomic E-state index is -1.05. The van der Waals surface area contributed by atoms with Crippen LogP contribution < -0.4 is 0 Å². The molecule has 0 aliphatic carbocycles. The van der Waals surface area contributed by atoms with Crippen molar-refractivity contribution < 1.29 is 13.9 Å². The van der Waals surface area contributed by atoms with Crippen LogP contribution >= 0.6 is 0 Å². The summed E-state index contributed by atoms with van der Waals surface area (Å²) < 4.78 is 18.8. The Hall–Kier alpha value is -1.58. The number of alkyl halides is 1. The maximum atomic E-state index is 13.9. The summed E-state index contributed by atoms with van der Waals surface area (Å²) in [6.45, 7) is 13.3. The molecule has 0 rings (SSSR count). The number of halogens is 1. The molecule has 1 unspecified atom stereocenters. The van der Waals surface area contributed by atoms with Gasteiger partial charge in [0.15, 0.2) is 0 Å². The van der Waals surface area contributed by atoms with Crippen LogP contribution in [0.4, 0.5) is 4.39 Å². The maximum absolute atomic E-state index is 13.9. The van der Waals surface area contributed by atoms with E-state index in [0.717, 1.165) is 12.1 Å². The topological polar surface area (TPSA) is 29.5 Å². The molecule has 1 atom stereocenters. The highest BCUT2D eigenvalue weighted by Crippen LogP contribution is 2.23. The van der Waals surface area contributed by atoms with Crippen LogP contribution in [0.3, 0.4) is 0 Å². The van der Waals surface area contributed by atoms with E-state index in [1.54, 1.807) is 17.9 Å². The van der Waals surface area contributed by atoms with E-state index < -0.39 is 6.17 Å². The van der Waals surface area contributed by atoms with Gasteiger partial charge < -0.3 is 9.64 Å². The molecule has 0 saturated carbocycles. The molecule has 0 bridgehead atoms. The number of ether oxygens (including phenoxy) is 1. The SMILES string of the molecule is C=C(/C=C\C)N(CC(=O)OCC)/C(C)=C(/CCC)C(C)F. The third-order valence-electron chi connectivity index (χ3n) is 3.17. The fourth-order valence-corrected chi connectivity index (χ4v) is 2.16. The summed E-state index contributed by atoms with van der Waals surface area (Å²) in [5.41, 5.74) is 2.09. The zero-order valence-electron chi connectivity index (χ0n) is 13.9. The van der Waals surface area contributed by atoms with E-state index in [1.807, 2.05) is 26.8 Å². The molecular weight excluding hydrogens is 269 g/mol. The molecule has 0 aliphatic rings. The van der Waals surface area contributed by atoms with Gasteiger partial charge in [0.25, 0.3) is 0 Å². The molecule has 0 aromatic heterocycles. The first-order valence-electron chi connectivity index (χ1n) is 7.47. The van der Waals surface area contributed by atoms with Gasteiger partial charge in [-0.15, -0.1) is 0 Å². The number of rotatable bonds is 9. The van der Waals surface area contributed by atoms with Crippen LogP contribution in [-0.2, 0) is 9.53 Å². The number of hydrogen-bond donors (Lipinski definition) is 0. The van der Waals surface area contributed by atoms with Crippen molar-refractivity contribution in [1.29, 1.82) is 0 Å². The lowest BCUT2D eigenvalue weighted by Crippen LogP contribution is -2.30. The molecule has 0 radical (unpaired) electrons. The Morgan fingerprint density at radius 3 is 2.48 bits per heavy atom. The van der Waals surface area contributed by atoms with Crippen LogP contribution in [0.15, 0.2) is 35.7 Å². The monoisotopic (exact) mass is 297 g/mol. The lowest BCUT2D eigenvalue weighted by molar-refractivity contribution is -0.143. The van der Waals surface area contributed by atoms with E-state index >= 15 is 0 Å². The first-order chi connectivity index (χ1) is 9.88. The standard InChI is InChI=1S/C17H28FNO2/c1-7-10-13(4)19(12-17(20)21-9-3)15(6)16(11-8-2)14(5)18/h7,10,14H,4,8-9,11-12H2,1-3,5-6H3/b10-7-,16-15-. The van der Waals surface area contributed by atoms with E-state index in [2.05, 4.69) is 6.58 Å². The van der Waals surface area contributed by atoms with Gasteiger partial charge in [0, 0.05) is 11.4 Å². The van der Waals surface area contributed by atoms with E-state index in [4.69, 9.17) is 4.74 Å². The van der Waals surface area contributed by atoms with Crippen LogP contribution in [0.25, 0.3) is 0 Å². The molecule has 0 aromatic rings. The first kappa shape index (κ1) is 19.4. The predicted molar refractivity (Wildman–Crippen MR) is 85.5 cm³/mol. The van der Waals surface area contributed by atoms with E-state index in [0.29, 0.717) is 24.3 Å². The van der Waals surface area contributed by atoms with E-state index in [-0.39, 0.29) is 12.5 Å². The molecular formula is C17H28FNO2. The number of nitrogens with zero attached hydrogens (tertiary/aromatic N) is 1. The molecule has 3 nitrogen and oxygen atoms in total. The summed E-state index contributed by atoms with van der Waals surface area (Å²) >= 11 is 0. The molecule has 120 valence electrons. The van der Waals surface area contributed by atoms with Crippen molar-refractivity contribution in [3.05, 3.63) is 35.7 Å². The second-order valence-corrected chi connectivity index (χ2v) is 4.86. The molecule has 0 amide bonds. The maximum Gasteiger partial charge on any atom is 0.325 e. The van der Waals surface area contributed by atoms with Gasteiger partial charge in [0.05, 0.1) is 6.61 Å². The van der Waals surface area contributed by atoms with Crippen molar-refractivity contribution in [2.75, 3.05) is 13.2 Å². The Bertz CT molecular complexity index is 411. The van der Waals surface area contributed by atoms with Crippen LogP contribution in [0, 0.1) is 0 Å². The van der Waals surface area contributed by atoms with Crippen molar-refractivity contribution in [1.82, 2.24) is 4.90 Å². The second-order valence-electron chi connectivity index (χ2n) is 4.86. The van der Waals surface area contributed by atoms with Gasteiger partial charge in [0.2, 0.25) is 0 Å². The molecule has 0 heterocycles. The number of esters is 1. The first-order valence-corrected chi connectivity index (χ1v) is 7.47. The Morgan fingerprint density at radius 2 is 2.05 bits per heavy atom. The van der Waals surface area contributed by atoms with Gasteiger partial charge in [-0.05, 0) is 45.8 Å². The number of carbonyl (C=O) groups is 1. The third-order valence-corrected chi connectivity index (χ3v) is 3.17. The number of hydrogen-bond acceptors (Lipinski definition) is 3. The highest BCUT2D eigenvalue weighted by molar-refractivity contribution is 5.72. The molecule has 0 aromatic carbocycles. The Kier molecular flexibility index (Phi) is 9.42. The molecule has 21 heavy (non-hydrogen) atoms. The third kappa shape index (κ3) is 6.61. The van der Waals surface area contributed by atoms with Gasteiger partial charge in [-0.25, -0.2) is 4.39 Å². The molecule has 0 saturated heterocycles. The predicted octanol–water partition coefficient (Wildman–Crippen LogP) is 4.37. The Labute approximate surface area is 128 Å². The van der Waals surface area contributed by atoms with Crippen molar-refractivity contribution in [2.24, 2.45) is 0 Å². The quantitative estimate of drug-likeness (QED) is 0.467. The summed E-state index contributed by atoms with van der Waals surface area (Å²) in [5, 5.41) is 0. The molecule has 4 heteroatoms. The van der Waals surface area contributed by atoms with Crippen molar-refractivity contribution in [3.63, 3.8) is 0 Å². The molecule has 0 fully saturated rings. The summed E-state index contributed by atoms with van der Waals surface area (Å²) in [6, 6.07) is 0. The van der Waals surface area contributed by atoms with Gasteiger partial charge in [-0.3, -0.25) is 4.79 Å². The van der Waals surface area contributed by atoms with Gasteiger partial charge in [0.1, 0.15) is 12.7 Å². The largest absolute Gasteiger partial charge is 0.465 e. The fourth-order valence-electron chi connectivity index (χ4n) is 2.16. The highest BCUT2D eigenvalue weighted by Gasteiger charge is 2.19. The van der Waals surface area contributed by atoms with Crippen LogP contribution in [0.5, 0.6) is 0 Å². The zero-order valence-corrected chi connectivity index (χ0v) is 13.9. The number of allylic oxidation sites excluding steroid dienone is 4. The normalized spacial score (nSPS) is 13.8. The van der Waals surface area contributed by atoms with Crippen LogP contribution in [0.1, 0.15) is 47.5 Å². The minimum absolute atomic E-state index is 0.0444. The summed E-state index contributed by atoms with van der Waals surface area (Å²) in [7, 11) is 0. The Balaban J connectivity index is 5.48. The van der Waals surface area contributed by atoms with Crippen molar-refractivity contribution in [3.8, 4) is 0 Å². The van der Waals surface area contributed by atoms with Crippen LogP contribution in [-0.4, -0.2) is 30.2 Å².